The minimum absolute atomic E-state index is 0.0195. The summed E-state index contributed by atoms with van der Waals surface area (Å²) in [6, 6.07) is 4.68. The monoisotopic (exact) mass is 403 g/mol. The number of hydrogen-bond donors (Lipinski definition) is 0. The third-order valence-electron chi connectivity index (χ3n) is 5.19. The molecule has 2 aromatic rings. The van der Waals surface area contributed by atoms with E-state index in [1.54, 1.807) is 23.4 Å². The van der Waals surface area contributed by atoms with E-state index in [-0.39, 0.29) is 25.2 Å². The summed E-state index contributed by atoms with van der Waals surface area (Å²) in [5.41, 5.74) is 3.29. The number of fused-ring (bicyclic) bond motifs is 1. The molecule has 2 aliphatic heterocycles. The lowest BCUT2D eigenvalue weighted by Gasteiger charge is -2.37. The van der Waals surface area contributed by atoms with Gasteiger partial charge >= 0.3 is 12.1 Å². The van der Waals surface area contributed by atoms with Crippen molar-refractivity contribution in [1.82, 2.24) is 14.8 Å². The fraction of sp³-hybridized carbons (Fsp3) is 0.474. The number of amides is 2. The highest BCUT2D eigenvalue weighted by Gasteiger charge is 2.44. The Morgan fingerprint density at radius 1 is 1.32 bits per heavy atom. The second-order valence-corrected chi connectivity index (χ2v) is 7.70. The van der Waals surface area contributed by atoms with E-state index >= 15 is 0 Å². The first-order valence-corrected chi connectivity index (χ1v) is 10.2. The van der Waals surface area contributed by atoms with Crippen LogP contribution in [0, 0.1) is 0 Å². The van der Waals surface area contributed by atoms with Crippen molar-refractivity contribution in [1.29, 1.82) is 0 Å². The van der Waals surface area contributed by atoms with Crippen LogP contribution in [0.4, 0.5) is 4.79 Å². The first-order valence-electron chi connectivity index (χ1n) is 9.32. The van der Waals surface area contributed by atoms with Crippen LogP contribution in [0.25, 0.3) is 10.2 Å². The molecule has 0 spiro atoms. The number of carbonyl (C=O) groups excluding carboxylic acids is 3. The number of esters is 1. The molecule has 0 bridgehead atoms. The molecule has 1 aromatic carbocycles. The van der Waals surface area contributed by atoms with Crippen LogP contribution in [0.3, 0.4) is 0 Å². The maximum Gasteiger partial charge on any atom is 0.410 e. The quantitative estimate of drug-likeness (QED) is 0.728. The molecule has 0 saturated carbocycles. The lowest BCUT2D eigenvalue weighted by molar-refractivity contribution is -0.148. The molecule has 2 aliphatic rings. The Balaban J connectivity index is 1.41. The maximum absolute atomic E-state index is 12.8. The molecular weight excluding hydrogens is 382 g/mol. The van der Waals surface area contributed by atoms with Crippen LogP contribution in [-0.4, -0.2) is 71.1 Å². The molecule has 1 atom stereocenters. The zero-order valence-corrected chi connectivity index (χ0v) is 16.3. The first-order chi connectivity index (χ1) is 13.6. The topological polar surface area (TPSA) is 89.0 Å². The van der Waals surface area contributed by atoms with Gasteiger partial charge in [0, 0.05) is 24.7 Å². The minimum Gasteiger partial charge on any atom is -0.464 e. The number of nitrogens with zero attached hydrogens (tertiary/aromatic N) is 3. The normalized spacial score (nSPS) is 20.5. The predicted octanol–water partition coefficient (Wildman–Crippen LogP) is 2.28. The largest absolute Gasteiger partial charge is 0.464 e. The summed E-state index contributed by atoms with van der Waals surface area (Å²) >= 11 is 1.51. The van der Waals surface area contributed by atoms with Crippen LogP contribution in [0.15, 0.2) is 23.7 Å². The molecular formula is C19H21N3O5S. The van der Waals surface area contributed by atoms with Gasteiger partial charge in [0.2, 0.25) is 0 Å². The van der Waals surface area contributed by atoms with E-state index in [2.05, 4.69) is 4.98 Å². The Hall–Kier alpha value is -2.68. The molecule has 148 valence electrons. The summed E-state index contributed by atoms with van der Waals surface area (Å²) in [7, 11) is 0. The fourth-order valence-electron chi connectivity index (χ4n) is 3.77. The van der Waals surface area contributed by atoms with Crippen LogP contribution in [-0.2, 0) is 14.3 Å². The van der Waals surface area contributed by atoms with Crippen LogP contribution < -0.4 is 0 Å². The van der Waals surface area contributed by atoms with Gasteiger partial charge in [-0.05, 0) is 38.0 Å². The van der Waals surface area contributed by atoms with E-state index in [1.807, 2.05) is 12.1 Å². The second kappa shape index (κ2) is 7.75. The highest BCUT2D eigenvalue weighted by atomic mass is 32.1. The summed E-state index contributed by atoms with van der Waals surface area (Å²) in [6.45, 7) is 3.04. The third kappa shape index (κ3) is 3.42. The molecule has 0 radical (unpaired) electrons. The van der Waals surface area contributed by atoms with Crippen molar-refractivity contribution in [3.63, 3.8) is 0 Å². The number of likely N-dealkylation sites (tertiary alicyclic amines) is 1. The highest BCUT2D eigenvalue weighted by molar-refractivity contribution is 7.16. The van der Waals surface area contributed by atoms with Crippen molar-refractivity contribution in [3.8, 4) is 0 Å². The van der Waals surface area contributed by atoms with Crippen molar-refractivity contribution in [3.05, 3.63) is 29.3 Å². The Morgan fingerprint density at radius 2 is 2.11 bits per heavy atom. The van der Waals surface area contributed by atoms with E-state index in [0.717, 1.165) is 10.2 Å². The van der Waals surface area contributed by atoms with Gasteiger partial charge in [-0.1, -0.05) is 0 Å². The minimum atomic E-state index is -0.701. The number of thiazole rings is 1. The second-order valence-electron chi connectivity index (χ2n) is 6.81. The lowest BCUT2D eigenvalue weighted by Crippen LogP contribution is -2.52. The predicted molar refractivity (Wildman–Crippen MR) is 102 cm³/mol. The molecule has 2 saturated heterocycles. The van der Waals surface area contributed by atoms with Crippen molar-refractivity contribution in [2.24, 2.45) is 0 Å². The summed E-state index contributed by atoms with van der Waals surface area (Å²) in [5, 5.41) is 0. The number of cyclic esters (lactones) is 1. The molecule has 9 heteroatoms. The number of benzene rings is 1. The highest BCUT2D eigenvalue weighted by Crippen LogP contribution is 2.26. The average molecular weight is 403 g/mol. The van der Waals surface area contributed by atoms with Gasteiger partial charge in [0.1, 0.15) is 6.61 Å². The van der Waals surface area contributed by atoms with E-state index in [9.17, 15) is 14.4 Å². The van der Waals surface area contributed by atoms with Crippen molar-refractivity contribution in [2.45, 2.75) is 31.8 Å². The van der Waals surface area contributed by atoms with Crippen LogP contribution >= 0.6 is 11.3 Å². The Morgan fingerprint density at radius 3 is 2.86 bits per heavy atom. The standard InChI is InChI=1S/C19H21N3O5S/c1-2-26-18(24)15-10-27-19(25)22(15)13-5-7-21(8-6-13)17(23)12-3-4-14-16(9-12)28-11-20-14/h3-4,9,11,13,15H,2,5-8,10H2,1H3. The Bertz CT molecular complexity index is 906. The van der Waals surface area contributed by atoms with Crippen molar-refractivity contribution < 1.29 is 23.9 Å². The van der Waals surface area contributed by atoms with Gasteiger partial charge in [-0.2, -0.15) is 0 Å². The van der Waals surface area contributed by atoms with Crippen molar-refractivity contribution in [2.75, 3.05) is 26.3 Å². The van der Waals surface area contributed by atoms with Gasteiger partial charge in [-0.15, -0.1) is 11.3 Å². The molecule has 28 heavy (non-hydrogen) atoms. The molecule has 4 rings (SSSR count). The molecule has 3 heterocycles. The zero-order chi connectivity index (χ0) is 19.7. The summed E-state index contributed by atoms with van der Waals surface area (Å²) in [5.74, 6) is -0.468. The number of hydrogen-bond acceptors (Lipinski definition) is 7. The van der Waals surface area contributed by atoms with Crippen LogP contribution in [0.2, 0.25) is 0 Å². The van der Waals surface area contributed by atoms with Crippen LogP contribution in [0.5, 0.6) is 0 Å². The summed E-state index contributed by atoms with van der Waals surface area (Å²) in [6.07, 6.45) is 0.706. The van der Waals surface area contributed by atoms with E-state index in [0.29, 0.717) is 31.5 Å². The number of piperidine rings is 1. The van der Waals surface area contributed by atoms with Crippen LogP contribution in [0.1, 0.15) is 30.1 Å². The maximum atomic E-state index is 12.8. The Kier molecular flexibility index (Phi) is 5.17. The van der Waals surface area contributed by atoms with Gasteiger partial charge in [0.25, 0.3) is 5.91 Å². The molecule has 1 aromatic heterocycles. The fourth-order valence-corrected chi connectivity index (χ4v) is 4.49. The van der Waals surface area contributed by atoms with E-state index < -0.39 is 18.1 Å². The summed E-state index contributed by atoms with van der Waals surface area (Å²) < 4.78 is 11.1. The van der Waals surface area contributed by atoms with Gasteiger partial charge in [0.05, 0.1) is 22.3 Å². The van der Waals surface area contributed by atoms with Gasteiger partial charge in [0.15, 0.2) is 6.04 Å². The van der Waals surface area contributed by atoms with Gasteiger partial charge < -0.3 is 14.4 Å². The number of rotatable bonds is 4. The first kappa shape index (κ1) is 18.7. The number of aromatic nitrogens is 1. The molecule has 0 aliphatic carbocycles. The Labute approximate surface area is 166 Å². The molecule has 8 nitrogen and oxygen atoms in total. The zero-order valence-electron chi connectivity index (χ0n) is 15.5. The molecule has 1 unspecified atom stereocenters. The molecule has 0 N–H and O–H groups in total. The van der Waals surface area contributed by atoms with E-state index in [1.165, 1.54) is 16.2 Å². The number of ether oxygens (including phenoxy) is 2. The average Bonchev–Trinajstić information content (AvgIpc) is 3.33. The molecule has 2 amide bonds. The summed E-state index contributed by atoms with van der Waals surface area (Å²) in [4.78, 5) is 44.6. The van der Waals surface area contributed by atoms with E-state index in [4.69, 9.17) is 9.47 Å². The third-order valence-corrected chi connectivity index (χ3v) is 5.98. The van der Waals surface area contributed by atoms with Gasteiger partial charge in [-0.25, -0.2) is 14.6 Å². The molecule has 2 fully saturated rings. The smallest absolute Gasteiger partial charge is 0.410 e. The SMILES string of the molecule is CCOC(=O)C1COC(=O)N1C1CCN(C(=O)c2ccc3ncsc3c2)CC1. The van der Waals surface area contributed by atoms with Crippen molar-refractivity contribution >= 4 is 39.5 Å². The van der Waals surface area contributed by atoms with Gasteiger partial charge in [-0.3, -0.25) is 9.69 Å². The number of carbonyl (C=O) groups is 3. The lowest BCUT2D eigenvalue weighted by atomic mass is 10.0.